The Morgan fingerprint density at radius 3 is 2.70 bits per heavy atom. The number of esters is 1. The number of ether oxygens (including phenoxy) is 1. The second-order valence-electron chi connectivity index (χ2n) is 5.35. The molecule has 0 rings (SSSR count). The molecule has 2 unspecified atom stereocenters. The lowest BCUT2D eigenvalue weighted by molar-refractivity contribution is -0.141. The van der Waals surface area contributed by atoms with Crippen LogP contribution in [0.2, 0.25) is 0 Å². The Morgan fingerprint density at radius 2 is 2.20 bits per heavy atom. The predicted molar refractivity (Wildman–Crippen MR) is 81.2 cm³/mol. The van der Waals surface area contributed by atoms with E-state index in [2.05, 4.69) is 25.7 Å². The smallest absolute Gasteiger partial charge is 0.306 e. The summed E-state index contributed by atoms with van der Waals surface area (Å²) in [6, 6.07) is 0. The second-order valence-corrected chi connectivity index (χ2v) is 5.35. The molecular weight excluding hydrogens is 254 g/mol. The zero-order valence-corrected chi connectivity index (χ0v) is 12.9. The Bertz CT molecular complexity index is 339. The predicted octanol–water partition coefficient (Wildman–Crippen LogP) is 2.85. The summed E-state index contributed by atoms with van der Waals surface area (Å²) in [5.41, 5.74) is 0.0835. The third-order valence-corrected chi connectivity index (χ3v) is 3.74. The number of rotatable bonds is 11. The van der Waals surface area contributed by atoms with Crippen molar-refractivity contribution in [1.82, 2.24) is 5.32 Å². The SMILES string of the molecule is C=C/C=C/C(CC(=O)OC)CC(C)(CC)CCNC=O. The van der Waals surface area contributed by atoms with Gasteiger partial charge in [-0.3, -0.25) is 9.59 Å². The fourth-order valence-electron chi connectivity index (χ4n) is 2.23. The minimum absolute atomic E-state index is 0.0835. The maximum Gasteiger partial charge on any atom is 0.306 e. The fourth-order valence-corrected chi connectivity index (χ4v) is 2.23. The molecule has 0 aliphatic rings. The Hall–Kier alpha value is -1.58. The highest BCUT2D eigenvalue weighted by atomic mass is 16.5. The van der Waals surface area contributed by atoms with Gasteiger partial charge in [0.2, 0.25) is 6.41 Å². The minimum Gasteiger partial charge on any atom is -0.469 e. The summed E-state index contributed by atoms with van der Waals surface area (Å²) in [6.45, 7) is 8.63. The summed E-state index contributed by atoms with van der Waals surface area (Å²) in [6.07, 6.45) is 9.44. The van der Waals surface area contributed by atoms with Crippen molar-refractivity contribution in [2.24, 2.45) is 11.3 Å². The summed E-state index contributed by atoms with van der Waals surface area (Å²) < 4.78 is 4.75. The molecule has 0 heterocycles. The van der Waals surface area contributed by atoms with Gasteiger partial charge in [-0.05, 0) is 24.2 Å². The van der Waals surface area contributed by atoms with E-state index in [1.54, 1.807) is 6.08 Å². The summed E-state index contributed by atoms with van der Waals surface area (Å²) in [7, 11) is 1.41. The molecule has 4 heteroatoms. The van der Waals surface area contributed by atoms with Crippen molar-refractivity contribution >= 4 is 12.4 Å². The number of hydrogen-bond donors (Lipinski definition) is 1. The molecule has 1 amide bonds. The zero-order valence-electron chi connectivity index (χ0n) is 12.9. The highest BCUT2D eigenvalue weighted by Crippen LogP contribution is 2.35. The summed E-state index contributed by atoms with van der Waals surface area (Å²) in [5, 5.41) is 2.70. The molecule has 0 aromatic rings. The Kier molecular flexibility index (Phi) is 9.43. The number of carbonyl (C=O) groups is 2. The molecule has 0 aliphatic carbocycles. The van der Waals surface area contributed by atoms with Crippen LogP contribution in [0.4, 0.5) is 0 Å². The molecule has 0 aromatic carbocycles. The first-order chi connectivity index (χ1) is 9.51. The number of hydrogen-bond acceptors (Lipinski definition) is 3. The lowest BCUT2D eigenvalue weighted by Crippen LogP contribution is -2.26. The van der Waals surface area contributed by atoms with Crippen molar-refractivity contribution in [3.8, 4) is 0 Å². The normalized spacial score (nSPS) is 15.3. The fraction of sp³-hybridized carbons (Fsp3) is 0.625. The quantitative estimate of drug-likeness (QED) is 0.274. The Labute approximate surface area is 122 Å². The molecule has 0 spiro atoms. The molecule has 0 fully saturated rings. The summed E-state index contributed by atoms with van der Waals surface area (Å²) in [5.74, 6) is -0.0742. The first kappa shape index (κ1) is 18.4. The molecule has 20 heavy (non-hydrogen) atoms. The van der Waals surface area contributed by atoms with Gasteiger partial charge in [-0.15, -0.1) is 0 Å². The van der Waals surface area contributed by atoms with Crippen LogP contribution in [0.15, 0.2) is 24.8 Å². The van der Waals surface area contributed by atoms with E-state index in [9.17, 15) is 9.59 Å². The van der Waals surface area contributed by atoms with Gasteiger partial charge in [-0.25, -0.2) is 0 Å². The lowest BCUT2D eigenvalue weighted by atomic mass is 9.75. The molecule has 0 aliphatic heterocycles. The average molecular weight is 281 g/mol. The van der Waals surface area contributed by atoms with Crippen LogP contribution in [0.1, 0.15) is 39.5 Å². The average Bonchev–Trinajstić information content (AvgIpc) is 2.44. The van der Waals surface area contributed by atoms with Gasteiger partial charge >= 0.3 is 5.97 Å². The monoisotopic (exact) mass is 281 g/mol. The van der Waals surface area contributed by atoms with Crippen LogP contribution in [-0.4, -0.2) is 26.0 Å². The highest BCUT2D eigenvalue weighted by Gasteiger charge is 2.26. The summed E-state index contributed by atoms with van der Waals surface area (Å²) in [4.78, 5) is 21.8. The van der Waals surface area contributed by atoms with E-state index in [0.717, 1.165) is 25.7 Å². The van der Waals surface area contributed by atoms with Crippen LogP contribution < -0.4 is 5.32 Å². The van der Waals surface area contributed by atoms with E-state index < -0.39 is 0 Å². The van der Waals surface area contributed by atoms with Crippen LogP contribution in [0, 0.1) is 11.3 Å². The molecule has 0 aromatic heterocycles. The first-order valence-electron chi connectivity index (χ1n) is 7.04. The second kappa shape index (κ2) is 10.2. The van der Waals surface area contributed by atoms with Crippen molar-refractivity contribution in [2.45, 2.75) is 39.5 Å². The van der Waals surface area contributed by atoms with E-state index in [-0.39, 0.29) is 17.3 Å². The van der Waals surface area contributed by atoms with Gasteiger partial charge in [0.25, 0.3) is 0 Å². The van der Waals surface area contributed by atoms with Crippen molar-refractivity contribution in [3.05, 3.63) is 24.8 Å². The number of amides is 1. The van der Waals surface area contributed by atoms with Gasteiger partial charge < -0.3 is 10.1 Å². The molecule has 2 atom stereocenters. The number of carbonyl (C=O) groups excluding carboxylic acids is 2. The van der Waals surface area contributed by atoms with Gasteiger partial charge in [-0.1, -0.05) is 45.1 Å². The van der Waals surface area contributed by atoms with Crippen LogP contribution in [0.5, 0.6) is 0 Å². The number of methoxy groups -OCH3 is 1. The van der Waals surface area contributed by atoms with Crippen LogP contribution >= 0.6 is 0 Å². The number of allylic oxidation sites excluding steroid dienone is 3. The third-order valence-electron chi connectivity index (χ3n) is 3.74. The van der Waals surface area contributed by atoms with Gasteiger partial charge in [0.1, 0.15) is 0 Å². The van der Waals surface area contributed by atoms with Gasteiger partial charge in [-0.2, -0.15) is 0 Å². The van der Waals surface area contributed by atoms with Crippen molar-refractivity contribution in [3.63, 3.8) is 0 Å². The first-order valence-corrected chi connectivity index (χ1v) is 7.04. The molecule has 1 N–H and O–H groups in total. The van der Waals surface area contributed by atoms with E-state index >= 15 is 0 Å². The maximum absolute atomic E-state index is 11.5. The molecule has 0 bridgehead atoms. The topological polar surface area (TPSA) is 55.4 Å². The molecule has 4 nitrogen and oxygen atoms in total. The van der Waals surface area contributed by atoms with Crippen LogP contribution in [-0.2, 0) is 14.3 Å². The minimum atomic E-state index is -0.201. The molecule has 0 saturated heterocycles. The summed E-state index contributed by atoms with van der Waals surface area (Å²) >= 11 is 0. The van der Waals surface area contributed by atoms with Crippen molar-refractivity contribution < 1.29 is 14.3 Å². The largest absolute Gasteiger partial charge is 0.469 e. The zero-order chi connectivity index (χ0) is 15.4. The molecule has 0 radical (unpaired) electrons. The molecular formula is C16H27NO3. The van der Waals surface area contributed by atoms with E-state index in [1.165, 1.54) is 7.11 Å². The van der Waals surface area contributed by atoms with Gasteiger partial charge in [0.15, 0.2) is 0 Å². The Morgan fingerprint density at radius 1 is 1.50 bits per heavy atom. The molecule has 0 saturated carbocycles. The Balaban J connectivity index is 4.70. The van der Waals surface area contributed by atoms with Crippen LogP contribution in [0.25, 0.3) is 0 Å². The number of nitrogens with one attached hydrogen (secondary N) is 1. The lowest BCUT2D eigenvalue weighted by Gasteiger charge is -2.31. The van der Waals surface area contributed by atoms with Crippen molar-refractivity contribution in [2.75, 3.05) is 13.7 Å². The maximum atomic E-state index is 11.5. The molecule has 114 valence electrons. The highest BCUT2D eigenvalue weighted by molar-refractivity contribution is 5.69. The van der Waals surface area contributed by atoms with E-state index in [4.69, 9.17) is 4.74 Å². The van der Waals surface area contributed by atoms with E-state index in [0.29, 0.717) is 13.0 Å². The van der Waals surface area contributed by atoms with Crippen LogP contribution in [0.3, 0.4) is 0 Å². The van der Waals surface area contributed by atoms with Gasteiger partial charge in [0.05, 0.1) is 13.5 Å². The standard InChI is InChI=1S/C16H27NO3/c1-5-7-8-14(11-15(19)20-4)12-16(3,6-2)9-10-17-13-18/h5,7-8,13-14H,1,6,9-12H2,2-4H3,(H,17,18)/b8-7+. The van der Waals surface area contributed by atoms with E-state index in [1.807, 2.05) is 12.2 Å². The van der Waals surface area contributed by atoms with Crippen molar-refractivity contribution in [1.29, 1.82) is 0 Å². The van der Waals surface area contributed by atoms with Gasteiger partial charge in [0, 0.05) is 6.54 Å². The third kappa shape index (κ3) is 7.77.